The molecule has 0 spiro atoms. The largest absolute Gasteiger partial charge is 0.468 e. The molecule has 0 saturated heterocycles. The van der Waals surface area contributed by atoms with Crippen molar-refractivity contribution in [1.82, 2.24) is 0 Å². The maximum absolute atomic E-state index is 5.20. The van der Waals surface area contributed by atoms with Gasteiger partial charge in [0.2, 0.25) is 0 Å². The van der Waals surface area contributed by atoms with Gasteiger partial charge in [-0.25, -0.2) is 0 Å². The molecule has 72 valence electrons. The second-order valence-electron chi connectivity index (χ2n) is 2.35. The van der Waals surface area contributed by atoms with E-state index in [1.165, 1.54) is 0 Å². The highest BCUT2D eigenvalue weighted by atomic mass is 16.3. The molecule has 1 aromatic heterocycles. The molecule has 4 N–H and O–H groups in total. The van der Waals surface area contributed by atoms with E-state index in [2.05, 4.69) is 13.2 Å². The van der Waals surface area contributed by atoms with Crippen molar-refractivity contribution in [3.8, 4) is 0 Å². The fourth-order valence-corrected chi connectivity index (χ4v) is 0.512. The second-order valence-corrected chi connectivity index (χ2v) is 2.35. The molecular weight excluding hydrogens is 164 g/mol. The van der Waals surface area contributed by atoms with E-state index in [0.29, 0.717) is 13.1 Å². The van der Waals surface area contributed by atoms with Crippen LogP contribution in [-0.4, -0.2) is 6.54 Å². The van der Waals surface area contributed by atoms with Crippen molar-refractivity contribution in [3.63, 3.8) is 0 Å². The lowest BCUT2D eigenvalue weighted by Gasteiger charge is -1.84. The molecule has 1 aromatic rings. The molecule has 0 atom stereocenters. The molecule has 3 heteroatoms. The number of rotatable bonds is 3. The predicted molar refractivity (Wildman–Crippen MR) is 55.0 cm³/mol. The summed E-state index contributed by atoms with van der Waals surface area (Å²) in [4.78, 5) is 0. The summed E-state index contributed by atoms with van der Waals surface area (Å²) < 4.78 is 4.86. The lowest BCUT2D eigenvalue weighted by molar-refractivity contribution is 0.512. The standard InChI is InChI=1S/C5H7NO.C5H9N/c6-4-5-2-1-3-7-5;1-3-5(2)4-6/h1-3H,4,6H2;3H,1-2,4,6H2. The maximum Gasteiger partial charge on any atom is 0.117 e. The van der Waals surface area contributed by atoms with Crippen LogP contribution in [0.3, 0.4) is 0 Å². The van der Waals surface area contributed by atoms with Gasteiger partial charge in [0, 0.05) is 6.54 Å². The van der Waals surface area contributed by atoms with E-state index in [0.717, 1.165) is 11.3 Å². The lowest BCUT2D eigenvalue weighted by Crippen LogP contribution is -1.98. The highest BCUT2D eigenvalue weighted by Crippen LogP contribution is 1.95. The Labute approximate surface area is 78.7 Å². The first-order chi connectivity index (χ1) is 6.24. The molecule has 0 fully saturated rings. The maximum atomic E-state index is 5.20. The van der Waals surface area contributed by atoms with Gasteiger partial charge < -0.3 is 15.9 Å². The van der Waals surface area contributed by atoms with Gasteiger partial charge in [-0.15, -0.1) is 0 Å². The average Bonchev–Trinajstić information content (AvgIpc) is 2.70. The van der Waals surface area contributed by atoms with E-state index in [9.17, 15) is 0 Å². The molecule has 0 aromatic carbocycles. The van der Waals surface area contributed by atoms with Crippen LogP contribution in [0.2, 0.25) is 0 Å². The summed E-state index contributed by atoms with van der Waals surface area (Å²) in [6, 6.07) is 3.67. The Morgan fingerprint density at radius 3 is 2.38 bits per heavy atom. The van der Waals surface area contributed by atoms with Gasteiger partial charge in [-0.1, -0.05) is 19.2 Å². The van der Waals surface area contributed by atoms with Crippen LogP contribution in [0.5, 0.6) is 0 Å². The van der Waals surface area contributed by atoms with Crippen LogP contribution >= 0.6 is 0 Å². The van der Waals surface area contributed by atoms with Gasteiger partial charge in [0.05, 0.1) is 12.8 Å². The van der Waals surface area contributed by atoms with Crippen molar-refractivity contribution in [2.75, 3.05) is 6.54 Å². The average molecular weight is 180 g/mol. The third-order valence-corrected chi connectivity index (χ3v) is 1.33. The van der Waals surface area contributed by atoms with Crippen LogP contribution < -0.4 is 11.5 Å². The van der Waals surface area contributed by atoms with Crippen molar-refractivity contribution in [2.45, 2.75) is 6.54 Å². The number of furan rings is 1. The van der Waals surface area contributed by atoms with Crippen LogP contribution in [0.15, 0.2) is 47.6 Å². The summed E-state index contributed by atoms with van der Waals surface area (Å²) in [5, 5.41) is 0. The summed E-state index contributed by atoms with van der Waals surface area (Å²) in [5.74, 6) is 0.833. The Morgan fingerprint density at radius 2 is 2.23 bits per heavy atom. The minimum Gasteiger partial charge on any atom is -0.468 e. The van der Waals surface area contributed by atoms with Gasteiger partial charge in [-0.3, -0.25) is 0 Å². The molecule has 0 aliphatic carbocycles. The van der Waals surface area contributed by atoms with Crippen molar-refractivity contribution in [2.24, 2.45) is 11.5 Å². The van der Waals surface area contributed by atoms with E-state index in [1.807, 2.05) is 12.1 Å². The van der Waals surface area contributed by atoms with E-state index in [1.54, 1.807) is 12.3 Å². The zero-order chi connectivity index (χ0) is 10.1. The van der Waals surface area contributed by atoms with Crippen molar-refractivity contribution < 1.29 is 4.42 Å². The first-order valence-electron chi connectivity index (χ1n) is 3.97. The SMILES string of the molecule is C=CC(=C)CN.NCc1ccco1. The van der Waals surface area contributed by atoms with Gasteiger partial charge in [0.1, 0.15) is 5.76 Å². The van der Waals surface area contributed by atoms with Crippen LogP contribution in [0, 0.1) is 0 Å². The van der Waals surface area contributed by atoms with Crippen molar-refractivity contribution in [3.05, 3.63) is 49.0 Å². The normalized spacial score (nSPS) is 8.46. The number of hydrogen-bond acceptors (Lipinski definition) is 3. The minimum atomic E-state index is 0.493. The monoisotopic (exact) mass is 180 g/mol. The van der Waals surface area contributed by atoms with Gasteiger partial charge >= 0.3 is 0 Å². The molecule has 0 unspecified atom stereocenters. The lowest BCUT2D eigenvalue weighted by atomic mass is 10.3. The molecule has 0 bridgehead atoms. The molecule has 0 saturated carbocycles. The zero-order valence-electron chi connectivity index (χ0n) is 7.70. The van der Waals surface area contributed by atoms with Gasteiger partial charge in [0.25, 0.3) is 0 Å². The van der Waals surface area contributed by atoms with E-state index in [-0.39, 0.29) is 0 Å². The molecular formula is C10H16N2O. The van der Waals surface area contributed by atoms with Crippen molar-refractivity contribution >= 4 is 0 Å². The van der Waals surface area contributed by atoms with Crippen LogP contribution in [-0.2, 0) is 6.54 Å². The van der Waals surface area contributed by atoms with Gasteiger partial charge in [0.15, 0.2) is 0 Å². The smallest absolute Gasteiger partial charge is 0.117 e. The number of nitrogens with two attached hydrogens (primary N) is 2. The molecule has 1 heterocycles. The predicted octanol–water partition coefficient (Wildman–Crippen LogP) is 1.43. The van der Waals surface area contributed by atoms with Crippen LogP contribution in [0.4, 0.5) is 0 Å². The Balaban J connectivity index is 0.000000226. The van der Waals surface area contributed by atoms with E-state index < -0.39 is 0 Å². The summed E-state index contributed by atoms with van der Waals surface area (Å²) in [6.45, 7) is 8.01. The molecule has 13 heavy (non-hydrogen) atoms. The van der Waals surface area contributed by atoms with Gasteiger partial charge in [-0.05, 0) is 17.7 Å². The molecule has 3 nitrogen and oxygen atoms in total. The summed E-state index contributed by atoms with van der Waals surface area (Å²) >= 11 is 0. The first-order valence-corrected chi connectivity index (χ1v) is 3.97. The first kappa shape index (κ1) is 11.7. The third-order valence-electron chi connectivity index (χ3n) is 1.33. The molecule has 0 aliphatic heterocycles. The zero-order valence-corrected chi connectivity index (χ0v) is 7.70. The summed E-state index contributed by atoms with van der Waals surface area (Å²) in [5.41, 5.74) is 11.2. The Kier molecular flexibility index (Phi) is 6.59. The quantitative estimate of drug-likeness (QED) is 0.691. The van der Waals surface area contributed by atoms with E-state index in [4.69, 9.17) is 15.9 Å². The second kappa shape index (κ2) is 7.34. The highest BCUT2D eigenvalue weighted by Gasteiger charge is 1.84. The summed E-state index contributed by atoms with van der Waals surface area (Å²) in [6.07, 6.45) is 3.27. The Bertz CT molecular complexity index is 239. The number of hydrogen-bond donors (Lipinski definition) is 2. The fraction of sp³-hybridized carbons (Fsp3) is 0.200. The Morgan fingerprint density at radius 1 is 1.54 bits per heavy atom. The fourth-order valence-electron chi connectivity index (χ4n) is 0.512. The van der Waals surface area contributed by atoms with Crippen LogP contribution in [0.1, 0.15) is 5.76 Å². The minimum absolute atomic E-state index is 0.493. The molecule has 0 amide bonds. The van der Waals surface area contributed by atoms with Crippen LogP contribution in [0.25, 0.3) is 0 Å². The highest BCUT2D eigenvalue weighted by molar-refractivity contribution is 5.11. The summed E-state index contributed by atoms with van der Waals surface area (Å²) in [7, 11) is 0. The van der Waals surface area contributed by atoms with E-state index >= 15 is 0 Å². The molecule has 0 radical (unpaired) electrons. The Hall–Kier alpha value is -1.32. The third kappa shape index (κ3) is 5.90. The molecule has 1 rings (SSSR count). The topological polar surface area (TPSA) is 65.2 Å². The molecule has 0 aliphatic rings. The van der Waals surface area contributed by atoms with Crippen molar-refractivity contribution in [1.29, 1.82) is 0 Å². The van der Waals surface area contributed by atoms with Gasteiger partial charge in [-0.2, -0.15) is 0 Å².